The average molecular weight is 397 g/mol. The lowest BCUT2D eigenvalue weighted by molar-refractivity contribution is -0.162. The summed E-state index contributed by atoms with van der Waals surface area (Å²) in [5.74, 6) is -0.228. The fourth-order valence-electron chi connectivity index (χ4n) is 4.67. The van der Waals surface area contributed by atoms with Crippen molar-refractivity contribution in [2.75, 3.05) is 33.3 Å². The second kappa shape index (κ2) is 9.23. The number of hydrogen-bond donors (Lipinski definition) is 1. The first kappa shape index (κ1) is 23.3. The van der Waals surface area contributed by atoms with Crippen LogP contribution in [0.2, 0.25) is 0 Å². The van der Waals surface area contributed by atoms with Crippen LogP contribution in [-0.4, -0.2) is 78.1 Å². The molecule has 0 saturated carbocycles. The van der Waals surface area contributed by atoms with Crippen LogP contribution in [0.25, 0.3) is 0 Å². The molecule has 2 aliphatic heterocycles. The van der Waals surface area contributed by atoms with E-state index in [1.54, 1.807) is 20.8 Å². The fourth-order valence-corrected chi connectivity index (χ4v) is 4.67. The van der Waals surface area contributed by atoms with E-state index in [0.29, 0.717) is 37.3 Å². The van der Waals surface area contributed by atoms with Crippen molar-refractivity contribution in [2.24, 2.45) is 23.2 Å². The van der Waals surface area contributed by atoms with Crippen molar-refractivity contribution in [3.05, 3.63) is 0 Å². The van der Waals surface area contributed by atoms with Crippen LogP contribution in [0, 0.1) is 23.2 Å². The Morgan fingerprint density at radius 2 is 1.71 bits per heavy atom. The number of carbonyl (C=O) groups excluding carboxylic acids is 2. The second-order valence-electron chi connectivity index (χ2n) is 10.0. The topological polar surface area (TPSA) is 70.1 Å². The van der Waals surface area contributed by atoms with Crippen LogP contribution in [0.15, 0.2) is 0 Å². The number of rotatable bonds is 2. The highest BCUT2D eigenvalue weighted by atomic mass is 16.5. The van der Waals surface area contributed by atoms with Gasteiger partial charge in [0.2, 0.25) is 0 Å². The molecule has 0 aliphatic carbocycles. The van der Waals surface area contributed by atoms with E-state index in [1.807, 2.05) is 0 Å². The van der Waals surface area contributed by atoms with E-state index in [9.17, 15) is 14.7 Å². The first-order chi connectivity index (χ1) is 12.9. The van der Waals surface area contributed by atoms with E-state index in [2.05, 4.69) is 37.6 Å². The molecule has 0 amide bonds. The molecule has 0 aromatic rings. The third-order valence-corrected chi connectivity index (χ3v) is 6.64. The van der Waals surface area contributed by atoms with E-state index in [1.165, 1.54) is 0 Å². The summed E-state index contributed by atoms with van der Waals surface area (Å²) in [6, 6.07) is 0.647. The average Bonchev–Trinajstić information content (AvgIpc) is 2.53. The molecular weight excluding hydrogens is 356 g/mol. The van der Waals surface area contributed by atoms with Gasteiger partial charge in [0.15, 0.2) is 5.78 Å². The smallest absolute Gasteiger partial charge is 0.319 e. The van der Waals surface area contributed by atoms with Crippen molar-refractivity contribution in [1.82, 2.24) is 9.80 Å². The van der Waals surface area contributed by atoms with Crippen LogP contribution in [0.1, 0.15) is 54.4 Å². The molecule has 4 atom stereocenters. The quantitative estimate of drug-likeness (QED) is 0.570. The Bertz CT molecular complexity index is 557. The Labute approximate surface area is 170 Å². The van der Waals surface area contributed by atoms with Gasteiger partial charge in [-0.1, -0.05) is 13.8 Å². The monoisotopic (exact) mass is 396 g/mol. The Hall–Kier alpha value is -0.980. The van der Waals surface area contributed by atoms with Gasteiger partial charge in [0.25, 0.3) is 0 Å². The van der Waals surface area contributed by atoms with E-state index in [0.717, 1.165) is 19.6 Å². The molecule has 2 rings (SSSR count). The lowest BCUT2D eigenvalue weighted by Gasteiger charge is -2.48. The summed E-state index contributed by atoms with van der Waals surface area (Å²) in [5.41, 5.74) is -1.19. The molecule has 2 aliphatic rings. The summed E-state index contributed by atoms with van der Waals surface area (Å²) in [7, 11) is 2.08. The normalized spacial score (nSPS) is 34.9. The first-order valence-electron chi connectivity index (χ1n) is 10.8. The van der Waals surface area contributed by atoms with Gasteiger partial charge in [0.1, 0.15) is 12.0 Å². The fraction of sp³-hybridized carbons (Fsp3) is 0.909. The number of cyclic esters (lactones) is 1. The highest BCUT2D eigenvalue weighted by molar-refractivity contribution is 6.03. The Morgan fingerprint density at radius 1 is 1.11 bits per heavy atom. The Morgan fingerprint density at radius 3 is 2.29 bits per heavy atom. The molecule has 6 heteroatoms. The number of hydrogen-bond acceptors (Lipinski definition) is 6. The predicted octanol–water partition coefficient (Wildman–Crippen LogP) is 2.19. The lowest BCUT2D eigenvalue weighted by atomic mass is 9.79. The molecule has 2 saturated heterocycles. The summed E-state index contributed by atoms with van der Waals surface area (Å²) < 4.78 is 5.70. The van der Waals surface area contributed by atoms with Gasteiger partial charge in [-0.05, 0) is 53.5 Å². The van der Waals surface area contributed by atoms with Crippen LogP contribution in [0.5, 0.6) is 0 Å². The molecule has 0 radical (unpaired) electrons. The SMILES string of the molecule is CC(C)N1CC([C@@H]2COC(=O)C(C)(C)C(=O)[C@H](C)C[C@H](O)C[C@@H](C)CN2C)C1. The van der Waals surface area contributed by atoms with Gasteiger partial charge in [0.05, 0.1) is 6.10 Å². The summed E-state index contributed by atoms with van der Waals surface area (Å²) in [6.07, 6.45) is 0.514. The first-order valence-corrected chi connectivity index (χ1v) is 10.8. The van der Waals surface area contributed by atoms with E-state index < -0.39 is 17.5 Å². The number of aliphatic hydroxyl groups is 1. The molecule has 0 unspecified atom stereocenters. The standard InChI is InChI=1S/C22H40N2O4/c1-14(2)24-11-17(12-24)19-13-28-21(27)22(5,6)20(26)16(4)9-18(25)8-15(3)10-23(19)7/h14-19,25H,8-13H2,1-7H3/t15-,16-,18-,19+/m1/s1. The van der Waals surface area contributed by atoms with Gasteiger partial charge < -0.3 is 14.7 Å². The number of Topliss-reactive ketones (excluding diaryl/α,β-unsaturated/α-hetero) is 1. The van der Waals surface area contributed by atoms with E-state index >= 15 is 0 Å². The van der Waals surface area contributed by atoms with Crippen molar-refractivity contribution >= 4 is 11.8 Å². The molecular formula is C22H40N2O4. The van der Waals surface area contributed by atoms with Gasteiger partial charge in [-0.3, -0.25) is 14.5 Å². The van der Waals surface area contributed by atoms with Crippen LogP contribution in [-0.2, 0) is 14.3 Å². The molecule has 0 spiro atoms. The number of carbonyl (C=O) groups is 2. The number of aliphatic hydroxyl groups excluding tert-OH is 1. The van der Waals surface area contributed by atoms with Gasteiger partial charge >= 0.3 is 5.97 Å². The zero-order valence-corrected chi connectivity index (χ0v) is 18.8. The molecule has 162 valence electrons. The number of ketones is 1. The predicted molar refractivity (Wildman–Crippen MR) is 110 cm³/mol. The minimum Gasteiger partial charge on any atom is -0.463 e. The van der Waals surface area contributed by atoms with Gasteiger partial charge in [0, 0.05) is 43.6 Å². The van der Waals surface area contributed by atoms with Crippen molar-refractivity contribution < 1.29 is 19.4 Å². The van der Waals surface area contributed by atoms with Gasteiger partial charge in [-0.2, -0.15) is 0 Å². The lowest BCUT2D eigenvalue weighted by Crippen LogP contribution is -2.59. The third kappa shape index (κ3) is 5.33. The van der Waals surface area contributed by atoms with Crippen molar-refractivity contribution in [3.63, 3.8) is 0 Å². The molecule has 6 nitrogen and oxygen atoms in total. The highest BCUT2D eigenvalue weighted by Crippen LogP contribution is 2.30. The van der Waals surface area contributed by atoms with Crippen LogP contribution in [0.3, 0.4) is 0 Å². The molecule has 1 N–H and O–H groups in total. The molecule has 0 bridgehead atoms. The molecule has 0 aromatic carbocycles. The van der Waals surface area contributed by atoms with E-state index in [-0.39, 0.29) is 17.7 Å². The van der Waals surface area contributed by atoms with Gasteiger partial charge in [-0.25, -0.2) is 0 Å². The Kier molecular flexibility index (Phi) is 7.68. The maximum absolute atomic E-state index is 12.8. The van der Waals surface area contributed by atoms with Crippen molar-refractivity contribution in [2.45, 2.75) is 72.6 Å². The number of likely N-dealkylation sites (tertiary alicyclic amines) is 1. The Balaban J connectivity index is 2.19. The summed E-state index contributed by atoms with van der Waals surface area (Å²) >= 11 is 0. The molecule has 2 heterocycles. The zero-order valence-electron chi connectivity index (χ0n) is 18.8. The van der Waals surface area contributed by atoms with Crippen molar-refractivity contribution in [1.29, 1.82) is 0 Å². The van der Waals surface area contributed by atoms with Crippen LogP contribution in [0.4, 0.5) is 0 Å². The second-order valence-corrected chi connectivity index (χ2v) is 10.0. The molecule has 28 heavy (non-hydrogen) atoms. The van der Waals surface area contributed by atoms with Crippen molar-refractivity contribution in [3.8, 4) is 0 Å². The summed E-state index contributed by atoms with van der Waals surface area (Å²) in [5, 5.41) is 10.5. The summed E-state index contributed by atoms with van der Waals surface area (Å²) in [4.78, 5) is 30.3. The summed E-state index contributed by atoms with van der Waals surface area (Å²) in [6.45, 7) is 14.8. The number of esters is 1. The minimum atomic E-state index is -1.19. The maximum Gasteiger partial charge on any atom is 0.319 e. The van der Waals surface area contributed by atoms with E-state index in [4.69, 9.17) is 4.74 Å². The largest absolute Gasteiger partial charge is 0.463 e. The van der Waals surface area contributed by atoms with Gasteiger partial charge in [-0.15, -0.1) is 0 Å². The number of nitrogens with zero attached hydrogens (tertiary/aromatic N) is 2. The number of likely N-dealkylation sites (N-methyl/N-ethyl adjacent to an activating group) is 1. The maximum atomic E-state index is 12.8. The van der Waals surface area contributed by atoms with Crippen LogP contribution < -0.4 is 0 Å². The molecule has 0 aromatic heterocycles. The highest BCUT2D eigenvalue weighted by Gasteiger charge is 2.43. The third-order valence-electron chi connectivity index (χ3n) is 6.64. The van der Waals surface area contributed by atoms with Crippen LogP contribution >= 0.6 is 0 Å². The number of ether oxygens (including phenoxy) is 1. The molecule has 2 fully saturated rings. The zero-order chi connectivity index (χ0) is 21.2. The minimum absolute atomic E-state index is 0.127.